The third-order valence-electron chi connectivity index (χ3n) is 10.7. The van der Waals surface area contributed by atoms with Gasteiger partial charge in [0, 0.05) is 44.6 Å². The summed E-state index contributed by atoms with van der Waals surface area (Å²) in [5.74, 6) is 0.719. The zero-order valence-electron chi connectivity index (χ0n) is 28.7. The summed E-state index contributed by atoms with van der Waals surface area (Å²) >= 11 is 0. The van der Waals surface area contributed by atoms with E-state index in [0.29, 0.717) is 5.56 Å². The standard InChI is InChI=1S/C47H34F3NO/c1-45(2)41-30-33(47(48,49)50)24-27-39(41)42-37-20-12-13-21-38(37)44-40(43(42)45)28-29-46(52-44,31-14-6-3-7-15-31)32-22-25-36(26-23-32)51(34-16-8-4-9-17-34)35-18-10-5-11-19-35/h3-30H,1-2H3. The Morgan fingerprint density at radius 2 is 1.12 bits per heavy atom. The largest absolute Gasteiger partial charge is 0.472 e. The first-order valence-electron chi connectivity index (χ1n) is 17.4. The molecule has 2 aliphatic rings. The van der Waals surface area contributed by atoms with Crippen LogP contribution in [0.2, 0.25) is 0 Å². The number of alkyl halides is 3. The molecule has 7 aromatic carbocycles. The Morgan fingerprint density at radius 3 is 1.73 bits per heavy atom. The van der Waals surface area contributed by atoms with E-state index in [1.54, 1.807) is 6.07 Å². The van der Waals surface area contributed by atoms with Crippen LogP contribution in [-0.2, 0) is 17.2 Å². The predicted molar refractivity (Wildman–Crippen MR) is 205 cm³/mol. The van der Waals surface area contributed by atoms with Gasteiger partial charge >= 0.3 is 6.18 Å². The van der Waals surface area contributed by atoms with Crippen molar-refractivity contribution in [2.75, 3.05) is 4.90 Å². The highest BCUT2D eigenvalue weighted by molar-refractivity contribution is 6.08. The number of ether oxygens (including phenoxy) is 1. The Labute approximate surface area is 301 Å². The number of nitrogens with zero attached hydrogens (tertiary/aromatic N) is 1. The molecular formula is C47H34F3NO. The van der Waals surface area contributed by atoms with Crippen LogP contribution in [-0.4, -0.2) is 0 Å². The molecule has 1 aliphatic heterocycles. The molecule has 52 heavy (non-hydrogen) atoms. The lowest BCUT2D eigenvalue weighted by Gasteiger charge is -2.38. The minimum absolute atomic E-state index is 0.637. The average molecular weight is 686 g/mol. The molecule has 254 valence electrons. The van der Waals surface area contributed by atoms with Crippen molar-refractivity contribution in [3.05, 3.63) is 197 Å². The van der Waals surface area contributed by atoms with Gasteiger partial charge in [-0.2, -0.15) is 13.2 Å². The van der Waals surface area contributed by atoms with Crippen LogP contribution in [0.1, 0.15) is 47.2 Å². The van der Waals surface area contributed by atoms with Crippen molar-refractivity contribution in [1.29, 1.82) is 0 Å². The zero-order chi connectivity index (χ0) is 35.7. The van der Waals surface area contributed by atoms with Gasteiger partial charge in [0.05, 0.1) is 5.56 Å². The molecule has 0 fully saturated rings. The third-order valence-corrected chi connectivity index (χ3v) is 10.7. The van der Waals surface area contributed by atoms with E-state index in [2.05, 4.69) is 89.8 Å². The molecule has 0 radical (unpaired) electrons. The highest BCUT2D eigenvalue weighted by Gasteiger charge is 2.45. The molecule has 0 aromatic heterocycles. The maximum atomic E-state index is 14.0. The highest BCUT2D eigenvalue weighted by atomic mass is 19.4. The molecule has 7 aromatic rings. The Morgan fingerprint density at radius 1 is 0.577 bits per heavy atom. The van der Waals surface area contributed by atoms with Crippen LogP contribution in [0.5, 0.6) is 5.75 Å². The molecule has 1 unspecified atom stereocenters. The first-order chi connectivity index (χ1) is 25.2. The lowest BCUT2D eigenvalue weighted by molar-refractivity contribution is -0.137. The van der Waals surface area contributed by atoms with Gasteiger partial charge in [-0.1, -0.05) is 129 Å². The van der Waals surface area contributed by atoms with E-state index in [-0.39, 0.29) is 0 Å². The summed E-state index contributed by atoms with van der Waals surface area (Å²) in [6.45, 7) is 4.04. The smallest absolute Gasteiger partial charge is 0.416 e. The molecule has 1 aliphatic carbocycles. The summed E-state index contributed by atoms with van der Waals surface area (Å²) in [7, 11) is 0. The minimum Gasteiger partial charge on any atom is -0.472 e. The fourth-order valence-corrected chi connectivity index (χ4v) is 8.23. The Bertz CT molecular complexity index is 2450. The number of fused-ring (bicyclic) bond motifs is 8. The molecule has 1 heterocycles. The molecule has 9 rings (SSSR count). The number of anilines is 3. The fraction of sp³-hybridized carbons (Fsp3) is 0.106. The van der Waals surface area contributed by atoms with Crippen molar-refractivity contribution in [3.63, 3.8) is 0 Å². The van der Waals surface area contributed by atoms with Gasteiger partial charge in [-0.05, 0) is 82.2 Å². The summed E-state index contributed by atoms with van der Waals surface area (Å²) in [5.41, 5.74) is 7.04. The van der Waals surface area contributed by atoms with Gasteiger partial charge < -0.3 is 9.64 Å². The van der Waals surface area contributed by atoms with Crippen molar-refractivity contribution < 1.29 is 17.9 Å². The van der Waals surface area contributed by atoms with Crippen LogP contribution in [0.4, 0.5) is 30.2 Å². The van der Waals surface area contributed by atoms with Gasteiger partial charge in [-0.15, -0.1) is 0 Å². The van der Waals surface area contributed by atoms with Gasteiger partial charge in [0.15, 0.2) is 5.60 Å². The molecule has 0 spiro atoms. The Balaban J connectivity index is 1.23. The van der Waals surface area contributed by atoms with Gasteiger partial charge in [-0.3, -0.25) is 0 Å². The maximum Gasteiger partial charge on any atom is 0.416 e. The topological polar surface area (TPSA) is 12.5 Å². The molecule has 0 saturated carbocycles. The lowest BCUT2D eigenvalue weighted by Crippen LogP contribution is -2.35. The second-order valence-electron chi connectivity index (χ2n) is 14.0. The molecule has 0 amide bonds. The third kappa shape index (κ3) is 4.87. The van der Waals surface area contributed by atoms with Crippen molar-refractivity contribution in [1.82, 2.24) is 0 Å². The van der Waals surface area contributed by atoms with E-state index in [0.717, 1.165) is 67.0 Å². The zero-order valence-corrected chi connectivity index (χ0v) is 28.7. The summed E-state index contributed by atoms with van der Waals surface area (Å²) in [6, 6.07) is 51.6. The molecule has 5 heteroatoms. The normalized spacial score (nSPS) is 16.9. The van der Waals surface area contributed by atoms with E-state index >= 15 is 0 Å². The van der Waals surface area contributed by atoms with Gasteiger partial charge in [0.2, 0.25) is 0 Å². The van der Waals surface area contributed by atoms with Gasteiger partial charge in [-0.25, -0.2) is 0 Å². The number of hydrogen-bond acceptors (Lipinski definition) is 2. The monoisotopic (exact) mass is 685 g/mol. The molecule has 0 saturated heterocycles. The van der Waals surface area contributed by atoms with Crippen molar-refractivity contribution in [3.8, 4) is 16.9 Å². The van der Waals surface area contributed by atoms with Crippen molar-refractivity contribution >= 4 is 33.9 Å². The van der Waals surface area contributed by atoms with Crippen LogP contribution in [0, 0.1) is 0 Å². The summed E-state index contributed by atoms with van der Waals surface area (Å²) in [4.78, 5) is 2.23. The first kappa shape index (κ1) is 31.9. The summed E-state index contributed by atoms with van der Waals surface area (Å²) in [6.07, 6.45) is -0.195. The van der Waals surface area contributed by atoms with Crippen LogP contribution >= 0.6 is 0 Å². The number of para-hydroxylation sites is 2. The lowest BCUT2D eigenvalue weighted by atomic mass is 9.76. The van der Waals surface area contributed by atoms with Crippen molar-refractivity contribution in [2.24, 2.45) is 0 Å². The van der Waals surface area contributed by atoms with Gasteiger partial charge in [0.25, 0.3) is 0 Å². The van der Waals surface area contributed by atoms with Crippen molar-refractivity contribution in [2.45, 2.75) is 31.0 Å². The number of benzene rings is 7. The Hall–Kier alpha value is -6.07. The van der Waals surface area contributed by atoms with E-state index < -0.39 is 22.8 Å². The number of halogens is 3. The molecule has 1 atom stereocenters. The second kappa shape index (κ2) is 11.7. The molecule has 2 nitrogen and oxygen atoms in total. The number of hydrogen-bond donors (Lipinski definition) is 0. The number of rotatable bonds is 5. The first-order valence-corrected chi connectivity index (χ1v) is 17.4. The van der Waals surface area contributed by atoms with Crippen LogP contribution in [0.3, 0.4) is 0 Å². The van der Waals surface area contributed by atoms with Crippen LogP contribution < -0.4 is 9.64 Å². The van der Waals surface area contributed by atoms with E-state index in [9.17, 15) is 13.2 Å². The van der Waals surface area contributed by atoms with Crippen LogP contribution in [0.25, 0.3) is 28.0 Å². The maximum absolute atomic E-state index is 14.0. The quantitative estimate of drug-likeness (QED) is 0.179. The minimum atomic E-state index is -4.44. The average Bonchev–Trinajstić information content (AvgIpc) is 3.42. The summed E-state index contributed by atoms with van der Waals surface area (Å²) < 4.78 is 49.3. The SMILES string of the molecule is CC1(C)c2cc(C(F)(F)F)ccc2-c2c1c1c(c3ccccc23)OC(c2ccccc2)(c2ccc(N(c3ccccc3)c3ccccc3)cc2)C=C1. The predicted octanol–water partition coefficient (Wildman–Crippen LogP) is 13.0. The second-order valence-corrected chi connectivity index (χ2v) is 14.0. The van der Waals surface area contributed by atoms with E-state index in [1.807, 2.05) is 80.6 Å². The molecule has 0 bridgehead atoms. The van der Waals surface area contributed by atoms with E-state index in [1.165, 1.54) is 12.1 Å². The highest BCUT2D eigenvalue weighted by Crippen LogP contribution is 2.58. The summed E-state index contributed by atoms with van der Waals surface area (Å²) in [5, 5.41) is 1.87. The Kier molecular flexibility index (Phi) is 7.20. The van der Waals surface area contributed by atoms with Gasteiger partial charge in [0.1, 0.15) is 5.75 Å². The van der Waals surface area contributed by atoms with Crippen LogP contribution in [0.15, 0.2) is 164 Å². The molecular weight excluding hydrogens is 652 g/mol. The van der Waals surface area contributed by atoms with E-state index in [4.69, 9.17) is 4.74 Å². The molecule has 0 N–H and O–H groups in total. The fourth-order valence-electron chi connectivity index (χ4n) is 8.23.